The zero-order chi connectivity index (χ0) is 19.5. The second-order valence-corrected chi connectivity index (χ2v) is 8.27. The SMILES string of the molecule is Cc1ccccc1SCC(=O)N(Cc1nnc(-c2ccc(Cl)cc2)o1)C1CC1. The van der Waals surface area contributed by atoms with Crippen LogP contribution in [0, 0.1) is 6.92 Å². The Hall–Kier alpha value is -2.31. The van der Waals surface area contributed by atoms with Gasteiger partial charge in [0.25, 0.3) is 0 Å². The number of aromatic nitrogens is 2. The van der Waals surface area contributed by atoms with E-state index >= 15 is 0 Å². The summed E-state index contributed by atoms with van der Waals surface area (Å²) in [6, 6.07) is 15.6. The van der Waals surface area contributed by atoms with Gasteiger partial charge in [0.2, 0.25) is 17.7 Å². The van der Waals surface area contributed by atoms with Crippen molar-refractivity contribution in [1.82, 2.24) is 15.1 Å². The molecular weight excluding hydrogens is 394 g/mol. The summed E-state index contributed by atoms with van der Waals surface area (Å²) in [5.74, 6) is 1.39. The summed E-state index contributed by atoms with van der Waals surface area (Å²) in [5, 5.41) is 8.89. The number of thioether (sulfide) groups is 1. The molecule has 2 aromatic carbocycles. The number of benzene rings is 2. The van der Waals surface area contributed by atoms with Crippen molar-refractivity contribution in [3.63, 3.8) is 0 Å². The molecule has 28 heavy (non-hydrogen) atoms. The molecule has 1 aliphatic carbocycles. The second-order valence-electron chi connectivity index (χ2n) is 6.81. The number of hydrogen-bond acceptors (Lipinski definition) is 5. The normalized spacial score (nSPS) is 13.5. The maximum atomic E-state index is 12.8. The van der Waals surface area contributed by atoms with E-state index in [-0.39, 0.29) is 11.9 Å². The van der Waals surface area contributed by atoms with Crippen molar-refractivity contribution in [2.24, 2.45) is 0 Å². The number of carbonyl (C=O) groups excluding carboxylic acids is 1. The Balaban J connectivity index is 1.42. The molecule has 3 aromatic rings. The molecule has 1 heterocycles. The van der Waals surface area contributed by atoms with Crippen LogP contribution in [0.2, 0.25) is 5.02 Å². The van der Waals surface area contributed by atoms with Crippen molar-refractivity contribution >= 4 is 29.3 Å². The Labute approximate surface area is 173 Å². The molecule has 1 amide bonds. The third-order valence-electron chi connectivity index (χ3n) is 4.62. The summed E-state index contributed by atoms with van der Waals surface area (Å²) < 4.78 is 5.78. The molecule has 0 aliphatic heterocycles. The zero-order valence-corrected chi connectivity index (χ0v) is 17.0. The van der Waals surface area contributed by atoms with Gasteiger partial charge in [0.15, 0.2) is 0 Å². The van der Waals surface area contributed by atoms with E-state index in [1.165, 1.54) is 5.56 Å². The first-order valence-corrected chi connectivity index (χ1v) is 10.5. The highest BCUT2D eigenvalue weighted by Gasteiger charge is 2.33. The van der Waals surface area contributed by atoms with Crippen LogP contribution in [0.25, 0.3) is 11.5 Å². The number of nitrogens with zero attached hydrogens (tertiary/aromatic N) is 3. The lowest BCUT2D eigenvalue weighted by Crippen LogP contribution is -2.34. The van der Waals surface area contributed by atoms with Crippen molar-refractivity contribution in [1.29, 1.82) is 0 Å². The Morgan fingerprint density at radius 3 is 2.64 bits per heavy atom. The molecular formula is C21H20ClN3O2S. The molecule has 1 fully saturated rings. The fourth-order valence-electron chi connectivity index (χ4n) is 2.92. The first-order chi connectivity index (χ1) is 13.6. The van der Waals surface area contributed by atoms with Gasteiger partial charge in [0, 0.05) is 21.5 Å². The predicted molar refractivity (Wildman–Crippen MR) is 110 cm³/mol. The van der Waals surface area contributed by atoms with Gasteiger partial charge in [-0.3, -0.25) is 4.79 Å². The molecule has 0 bridgehead atoms. The maximum Gasteiger partial charge on any atom is 0.247 e. The van der Waals surface area contributed by atoms with E-state index in [1.54, 1.807) is 23.9 Å². The molecule has 0 N–H and O–H groups in total. The van der Waals surface area contributed by atoms with Gasteiger partial charge in [-0.05, 0) is 55.7 Å². The van der Waals surface area contributed by atoms with E-state index in [2.05, 4.69) is 23.2 Å². The van der Waals surface area contributed by atoms with Crippen LogP contribution in [-0.4, -0.2) is 32.8 Å². The Morgan fingerprint density at radius 2 is 1.93 bits per heavy atom. The first-order valence-electron chi connectivity index (χ1n) is 9.16. The van der Waals surface area contributed by atoms with E-state index in [1.807, 2.05) is 35.2 Å². The molecule has 1 aromatic heterocycles. The predicted octanol–water partition coefficient (Wildman–Crippen LogP) is 4.98. The lowest BCUT2D eigenvalue weighted by molar-refractivity contribution is -0.129. The van der Waals surface area contributed by atoms with Gasteiger partial charge in [-0.2, -0.15) is 0 Å². The van der Waals surface area contributed by atoms with Gasteiger partial charge in [-0.25, -0.2) is 0 Å². The average molecular weight is 414 g/mol. The molecule has 5 nitrogen and oxygen atoms in total. The number of rotatable bonds is 7. The van der Waals surface area contributed by atoms with Crippen LogP contribution in [0.1, 0.15) is 24.3 Å². The van der Waals surface area contributed by atoms with Crippen molar-refractivity contribution in [3.8, 4) is 11.5 Å². The summed E-state index contributed by atoms with van der Waals surface area (Å²) in [4.78, 5) is 15.8. The van der Waals surface area contributed by atoms with Crippen LogP contribution >= 0.6 is 23.4 Å². The molecule has 7 heteroatoms. The summed E-state index contributed by atoms with van der Waals surface area (Å²) in [6.45, 7) is 2.40. The molecule has 0 saturated heterocycles. The topological polar surface area (TPSA) is 59.2 Å². The molecule has 0 atom stereocenters. The lowest BCUT2D eigenvalue weighted by atomic mass is 10.2. The second kappa shape index (κ2) is 8.37. The molecule has 1 aliphatic rings. The first kappa shape index (κ1) is 19.0. The van der Waals surface area contributed by atoms with Gasteiger partial charge in [0.05, 0.1) is 12.3 Å². The summed E-state index contributed by atoms with van der Waals surface area (Å²) in [7, 11) is 0. The summed E-state index contributed by atoms with van der Waals surface area (Å²) in [5.41, 5.74) is 1.99. The summed E-state index contributed by atoms with van der Waals surface area (Å²) in [6.07, 6.45) is 2.05. The Bertz CT molecular complexity index is 970. The van der Waals surface area contributed by atoms with Crippen LogP contribution in [0.15, 0.2) is 57.8 Å². The summed E-state index contributed by atoms with van der Waals surface area (Å²) >= 11 is 7.49. The van der Waals surface area contributed by atoms with E-state index in [0.717, 1.165) is 23.3 Å². The van der Waals surface area contributed by atoms with Crippen LogP contribution in [0.3, 0.4) is 0 Å². The van der Waals surface area contributed by atoms with E-state index in [9.17, 15) is 4.79 Å². The number of hydrogen-bond donors (Lipinski definition) is 0. The minimum absolute atomic E-state index is 0.0991. The number of halogens is 1. The fourth-order valence-corrected chi connectivity index (χ4v) is 3.96. The standard InChI is InChI=1S/C21H20ClN3O2S/c1-14-4-2-3-5-18(14)28-13-20(26)25(17-10-11-17)12-19-23-24-21(27-19)15-6-8-16(22)9-7-15/h2-9,17H,10-13H2,1H3. The average Bonchev–Trinajstić information content (AvgIpc) is 3.44. The molecule has 4 rings (SSSR count). The van der Waals surface area contributed by atoms with Crippen molar-refractivity contribution in [2.45, 2.75) is 37.2 Å². The third-order valence-corrected chi connectivity index (χ3v) is 6.03. The van der Waals surface area contributed by atoms with Gasteiger partial charge in [0.1, 0.15) is 0 Å². The van der Waals surface area contributed by atoms with E-state index < -0.39 is 0 Å². The van der Waals surface area contributed by atoms with Crippen molar-refractivity contribution in [2.75, 3.05) is 5.75 Å². The minimum Gasteiger partial charge on any atom is -0.419 e. The molecule has 1 saturated carbocycles. The van der Waals surface area contributed by atoms with Crippen molar-refractivity contribution < 1.29 is 9.21 Å². The highest BCUT2D eigenvalue weighted by atomic mass is 35.5. The Kier molecular flexibility index (Phi) is 5.69. The largest absolute Gasteiger partial charge is 0.419 e. The zero-order valence-electron chi connectivity index (χ0n) is 15.5. The lowest BCUT2D eigenvalue weighted by Gasteiger charge is -2.20. The smallest absolute Gasteiger partial charge is 0.247 e. The number of carbonyl (C=O) groups is 1. The quantitative estimate of drug-likeness (QED) is 0.511. The fraction of sp³-hybridized carbons (Fsp3) is 0.286. The van der Waals surface area contributed by atoms with Gasteiger partial charge in [-0.15, -0.1) is 22.0 Å². The Morgan fingerprint density at radius 1 is 1.18 bits per heavy atom. The maximum absolute atomic E-state index is 12.8. The number of aryl methyl sites for hydroxylation is 1. The van der Waals surface area contributed by atoms with E-state index in [0.29, 0.717) is 29.1 Å². The van der Waals surface area contributed by atoms with Gasteiger partial charge >= 0.3 is 0 Å². The molecule has 144 valence electrons. The minimum atomic E-state index is 0.0991. The highest BCUT2D eigenvalue weighted by molar-refractivity contribution is 8.00. The van der Waals surface area contributed by atoms with Gasteiger partial charge in [-0.1, -0.05) is 29.8 Å². The van der Waals surface area contributed by atoms with Crippen LogP contribution in [0.5, 0.6) is 0 Å². The van der Waals surface area contributed by atoms with E-state index in [4.69, 9.17) is 16.0 Å². The van der Waals surface area contributed by atoms with Crippen LogP contribution in [0.4, 0.5) is 0 Å². The van der Waals surface area contributed by atoms with Crippen molar-refractivity contribution in [3.05, 3.63) is 65.0 Å². The van der Waals surface area contributed by atoms with Gasteiger partial charge < -0.3 is 9.32 Å². The number of amides is 1. The monoisotopic (exact) mass is 413 g/mol. The molecule has 0 radical (unpaired) electrons. The molecule has 0 spiro atoms. The highest BCUT2D eigenvalue weighted by Crippen LogP contribution is 2.31. The van der Waals surface area contributed by atoms with Crippen LogP contribution in [-0.2, 0) is 11.3 Å². The van der Waals surface area contributed by atoms with Crippen LogP contribution < -0.4 is 0 Å². The molecule has 0 unspecified atom stereocenters. The third kappa shape index (κ3) is 4.56.